The summed E-state index contributed by atoms with van der Waals surface area (Å²) in [5.74, 6) is -1.34. The maximum atomic E-state index is 11.8. The van der Waals surface area contributed by atoms with E-state index in [2.05, 4.69) is 5.32 Å². The van der Waals surface area contributed by atoms with Gasteiger partial charge < -0.3 is 10.4 Å². The SMILES string of the molecule is CC(=O)NCC(=O)O.Cc1cccc(C(=O)n2cccc2)c1. The van der Waals surface area contributed by atoms with Crippen LogP contribution < -0.4 is 5.32 Å². The van der Waals surface area contributed by atoms with Crippen LogP contribution in [0.4, 0.5) is 0 Å². The van der Waals surface area contributed by atoms with Crippen molar-refractivity contribution in [2.75, 3.05) is 6.54 Å². The lowest BCUT2D eigenvalue weighted by Crippen LogP contribution is -2.26. The first-order chi connectivity index (χ1) is 10.4. The quantitative estimate of drug-likeness (QED) is 0.903. The molecule has 22 heavy (non-hydrogen) atoms. The molecule has 0 aliphatic carbocycles. The predicted octanol–water partition coefficient (Wildman–Crippen LogP) is 1.69. The van der Waals surface area contributed by atoms with Gasteiger partial charge in [0.05, 0.1) is 0 Å². The highest BCUT2D eigenvalue weighted by molar-refractivity contribution is 5.96. The number of hydrogen-bond acceptors (Lipinski definition) is 3. The molecule has 1 heterocycles. The van der Waals surface area contributed by atoms with E-state index in [0.29, 0.717) is 0 Å². The van der Waals surface area contributed by atoms with E-state index in [0.717, 1.165) is 11.1 Å². The van der Waals surface area contributed by atoms with Crippen LogP contribution in [-0.2, 0) is 9.59 Å². The Labute approximate surface area is 128 Å². The van der Waals surface area contributed by atoms with Gasteiger partial charge in [-0.25, -0.2) is 0 Å². The zero-order valence-electron chi connectivity index (χ0n) is 12.4. The Hall–Kier alpha value is -2.89. The number of carboxylic acid groups (broad SMARTS) is 1. The van der Waals surface area contributed by atoms with Crippen molar-refractivity contribution >= 4 is 17.8 Å². The molecule has 1 aromatic heterocycles. The zero-order valence-corrected chi connectivity index (χ0v) is 12.4. The van der Waals surface area contributed by atoms with E-state index in [9.17, 15) is 14.4 Å². The van der Waals surface area contributed by atoms with Crippen LogP contribution in [-0.4, -0.2) is 34.0 Å². The van der Waals surface area contributed by atoms with Crippen LogP contribution in [0.25, 0.3) is 0 Å². The summed E-state index contributed by atoms with van der Waals surface area (Å²) >= 11 is 0. The second-order valence-corrected chi connectivity index (χ2v) is 4.57. The first-order valence-corrected chi connectivity index (χ1v) is 6.60. The van der Waals surface area contributed by atoms with E-state index < -0.39 is 5.97 Å². The second-order valence-electron chi connectivity index (χ2n) is 4.57. The summed E-state index contributed by atoms with van der Waals surface area (Å²) in [5.41, 5.74) is 1.82. The van der Waals surface area contributed by atoms with Gasteiger partial charge in [-0.3, -0.25) is 19.0 Å². The van der Waals surface area contributed by atoms with Crippen molar-refractivity contribution in [3.8, 4) is 0 Å². The molecule has 2 N–H and O–H groups in total. The van der Waals surface area contributed by atoms with Gasteiger partial charge in [-0.1, -0.05) is 17.7 Å². The summed E-state index contributed by atoms with van der Waals surface area (Å²) < 4.78 is 1.58. The molecule has 6 heteroatoms. The van der Waals surface area contributed by atoms with Crippen LogP contribution in [0.15, 0.2) is 48.8 Å². The third kappa shape index (κ3) is 6.04. The summed E-state index contributed by atoms with van der Waals surface area (Å²) in [6.07, 6.45) is 3.51. The minimum Gasteiger partial charge on any atom is -0.480 e. The van der Waals surface area contributed by atoms with Gasteiger partial charge in [0, 0.05) is 24.9 Å². The highest BCUT2D eigenvalue weighted by Gasteiger charge is 2.05. The number of hydrogen-bond donors (Lipinski definition) is 2. The Bertz CT molecular complexity index is 634. The molecule has 0 fully saturated rings. The van der Waals surface area contributed by atoms with Crippen LogP contribution >= 0.6 is 0 Å². The molecular weight excluding hydrogens is 284 g/mol. The summed E-state index contributed by atoms with van der Waals surface area (Å²) in [6, 6.07) is 11.3. The average molecular weight is 302 g/mol. The summed E-state index contributed by atoms with van der Waals surface area (Å²) in [5, 5.41) is 10.1. The Balaban J connectivity index is 0.000000261. The van der Waals surface area contributed by atoms with Gasteiger partial charge in [-0.2, -0.15) is 0 Å². The van der Waals surface area contributed by atoms with Crippen molar-refractivity contribution in [1.82, 2.24) is 9.88 Å². The van der Waals surface area contributed by atoms with Gasteiger partial charge in [0.25, 0.3) is 5.91 Å². The number of nitrogens with one attached hydrogen (secondary N) is 1. The largest absolute Gasteiger partial charge is 0.480 e. The standard InChI is InChI=1S/C12H11NO.C4H7NO3/c1-10-5-4-6-11(9-10)12(14)13-7-2-3-8-13;1-3(6)5-2-4(7)8/h2-9H,1H3;2H2,1H3,(H,5,6)(H,7,8). The summed E-state index contributed by atoms with van der Waals surface area (Å²) in [6.45, 7) is 2.95. The Kier molecular flexibility index (Phi) is 6.56. The molecule has 0 aliphatic heterocycles. The third-order valence-electron chi connectivity index (χ3n) is 2.59. The Morgan fingerprint density at radius 3 is 2.23 bits per heavy atom. The molecule has 6 nitrogen and oxygen atoms in total. The number of carbonyl (C=O) groups excluding carboxylic acids is 2. The summed E-state index contributed by atoms with van der Waals surface area (Å²) in [4.78, 5) is 31.5. The summed E-state index contributed by atoms with van der Waals surface area (Å²) in [7, 11) is 0. The molecule has 2 aromatic rings. The van der Waals surface area contributed by atoms with Crippen LogP contribution in [0, 0.1) is 6.92 Å². The molecule has 116 valence electrons. The minimum atomic E-state index is -1.03. The molecule has 0 atom stereocenters. The van der Waals surface area contributed by atoms with Crippen LogP contribution in [0.1, 0.15) is 22.8 Å². The molecule has 0 bridgehead atoms. The van der Waals surface area contributed by atoms with E-state index in [1.165, 1.54) is 6.92 Å². The van der Waals surface area contributed by atoms with Crippen LogP contribution in [0.5, 0.6) is 0 Å². The third-order valence-corrected chi connectivity index (χ3v) is 2.59. The highest BCUT2D eigenvalue weighted by atomic mass is 16.4. The molecule has 2 rings (SSSR count). The monoisotopic (exact) mass is 302 g/mol. The van der Waals surface area contributed by atoms with Crippen molar-refractivity contribution in [3.05, 3.63) is 59.9 Å². The van der Waals surface area contributed by atoms with Crippen molar-refractivity contribution < 1.29 is 19.5 Å². The fourth-order valence-corrected chi connectivity index (χ4v) is 1.60. The molecule has 0 radical (unpaired) electrons. The van der Waals surface area contributed by atoms with Crippen LogP contribution in [0.3, 0.4) is 0 Å². The van der Waals surface area contributed by atoms with Gasteiger partial charge in [0.15, 0.2) is 0 Å². The number of rotatable bonds is 3. The molecule has 0 saturated carbocycles. The van der Waals surface area contributed by atoms with Gasteiger partial charge in [0.1, 0.15) is 6.54 Å². The van der Waals surface area contributed by atoms with E-state index >= 15 is 0 Å². The number of aliphatic carboxylic acids is 1. The average Bonchev–Trinajstić information content (AvgIpc) is 2.99. The molecule has 0 aliphatic rings. The topological polar surface area (TPSA) is 88.4 Å². The highest BCUT2D eigenvalue weighted by Crippen LogP contribution is 2.06. The first-order valence-electron chi connectivity index (χ1n) is 6.60. The number of carboxylic acids is 1. The second kappa shape index (κ2) is 8.41. The first kappa shape index (κ1) is 17.2. The van der Waals surface area contributed by atoms with E-state index in [1.54, 1.807) is 17.0 Å². The number of amides is 1. The van der Waals surface area contributed by atoms with E-state index in [4.69, 9.17) is 5.11 Å². The lowest BCUT2D eigenvalue weighted by molar-refractivity contribution is -0.137. The maximum absolute atomic E-state index is 11.8. The molecule has 0 unspecified atom stereocenters. The number of carbonyl (C=O) groups is 3. The van der Waals surface area contributed by atoms with Crippen molar-refractivity contribution in [1.29, 1.82) is 0 Å². The van der Waals surface area contributed by atoms with E-state index in [1.807, 2.05) is 43.3 Å². The molecule has 0 saturated heterocycles. The maximum Gasteiger partial charge on any atom is 0.322 e. The van der Waals surface area contributed by atoms with Crippen molar-refractivity contribution in [2.24, 2.45) is 0 Å². The smallest absolute Gasteiger partial charge is 0.322 e. The molecule has 1 aromatic carbocycles. The van der Waals surface area contributed by atoms with Gasteiger partial charge in [-0.05, 0) is 31.2 Å². The zero-order chi connectivity index (χ0) is 16.5. The molecule has 1 amide bonds. The predicted molar refractivity (Wildman–Crippen MR) is 81.7 cm³/mol. The van der Waals surface area contributed by atoms with Gasteiger partial charge in [-0.15, -0.1) is 0 Å². The van der Waals surface area contributed by atoms with Gasteiger partial charge in [0.2, 0.25) is 5.91 Å². The fourth-order valence-electron chi connectivity index (χ4n) is 1.60. The minimum absolute atomic E-state index is 0.0127. The lowest BCUT2D eigenvalue weighted by atomic mass is 10.1. The number of benzene rings is 1. The number of aryl methyl sites for hydroxylation is 1. The van der Waals surface area contributed by atoms with Gasteiger partial charge >= 0.3 is 5.97 Å². The van der Waals surface area contributed by atoms with Crippen molar-refractivity contribution in [3.63, 3.8) is 0 Å². The Morgan fingerprint density at radius 1 is 1.14 bits per heavy atom. The number of aromatic nitrogens is 1. The normalized spacial score (nSPS) is 9.36. The molecule has 0 spiro atoms. The fraction of sp³-hybridized carbons (Fsp3) is 0.188. The van der Waals surface area contributed by atoms with Crippen LogP contribution in [0.2, 0.25) is 0 Å². The lowest BCUT2D eigenvalue weighted by Gasteiger charge is -2.02. The van der Waals surface area contributed by atoms with Crippen molar-refractivity contribution in [2.45, 2.75) is 13.8 Å². The van der Waals surface area contributed by atoms with E-state index in [-0.39, 0.29) is 18.4 Å². The molecular formula is C16H18N2O4. The number of nitrogens with zero attached hydrogens (tertiary/aromatic N) is 1. The Morgan fingerprint density at radius 2 is 1.77 bits per heavy atom.